The molecule has 21 heavy (non-hydrogen) atoms. The predicted octanol–water partition coefficient (Wildman–Crippen LogP) is 1.78. The molecule has 0 spiro atoms. The number of thiophene rings is 1. The van der Waals surface area contributed by atoms with Gasteiger partial charge in [0.2, 0.25) is 10.0 Å². The van der Waals surface area contributed by atoms with E-state index in [0.717, 1.165) is 15.6 Å². The molecule has 0 bridgehead atoms. The fourth-order valence-electron chi connectivity index (χ4n) is 1.55. The molecule has 0 aliphatic rings. The molecule has 1 heterocycles. The molecule has 7 nitrogen and oxygen atoms in total. The van der Waals surface area contributed by atoms with E-state index >= 15 is 0 Å². The van der Waals surface area contributed by atoms with Crippen molar-refractivity contribution in [1.82, 2.24) is 4.31 Å². The Labute approximate surface area is 134 Å². The van der Waals surface area contributed by atoms with Crippen molar-refractivity contribution >= 4 is 49.2 Å². The van der Waals surface area contributed by atoms with Crippen molar-refractivity contribution in [2.45, 2.75) is 18.2 Å². The number of carbonyl (C=O) groups is 2. The summed E-state index contributed by atoms with van der Waals surface area (Å²) in [6.45, 7) is 1.18. The topological polar surface area (TPSA) is 101 Å². The summed E-state index contributed by atoms with van der Waals surface area (Å²) < 4.78 is 30.6. The summed E-state index contributed by atoms with van der Waals surface area (Å²) >= 11 is 4.01. The van der Waals surface area contributed by atoms with Crippen molar-refractivity contribution < 1.29 is 27.9 Å². The number of carboxylic acids is 1. The zero-order valence-electron chi connectivity index (χ0n) is 11.3. The second-order valence-corrected chi connectivity index (χ2v) is 8.25. The maximum absolute atomic E-state index is 12.5. The second kappa shape index (κ2) is 7.34. The van der Waals surface area contributed by atoms with Gasteiger partial charge in [-0.25, -0.2) is 13.2 Å². The summed E-state index contributed by atoms with van der Waals surface area (Å²) in [4.78, 5) is 22.2. The van der Waals surface area contributed by atoms with Crippen LogP contribution in [0.1, 0.15) is 23.0 Å². The maximum atomic E-state index is 12.5. The maximum Gasteiger partial charge on any atom is 0.348 e. The fraction of sp³-hybridized carbons (Fsp3) is 0.455. The molecular formula is C11H14BrNO6S2. The molecule has 0 amide bonds. The lowest BCUT2D eigenvalue weighted by Crippen LogP contribution is -2.36. The number of halogens is 1. The predicted molar refractivity (Wildman–Crippen MR) is 80.0 cm³/mol. The summed E-state index contributed by atoms with van der Waals surface area (Å²) in [6, 6.07) is 1.18. The first-order chi connectivity index (χ1) is 9.73. The van der Waals surface area contributed by atoms with Gasteiger partial charge in [0.05, 0.1) is 10.9 Å². The Kier molecular flexibility index (Phi) is 6.32. The Morgan fingerprint density at radius 3 is 2.57 bits per heavy atom. The highest BCUT2D eigenvalue weighted by atomic mass is 79.9. The Balaban J connectivity index is 3.24. The van der Waals surface area contributed by atoms with Gasteiger partial charge in [-0.15, -0.1) is 11.3 Å². The van der Waals surface area contributed by atoms with Gasteiger partial charge in [0.25, 0.3) is 0 Å². The van der Waals surface area contributed by atoms with Crippen LogP contribution in [0.3, 0.4) is 0 Å². The van der Waals surface area contributed by atoms with Gasteiger partial charge in [0.1, 0.15) is 16.3 Å². The average molecular weight is 400 g/mol. The van der Waals surface area contributed by atoms with Gasteiger partial charge in [-0.2, -0.15) is 4.31 Å². The van der Waals surface area contributed by atoms with Crippen LogP contribution in [-0.4, -0.2) is 50.0 Å². The zero-order valence-corrected chi connectivity index (χ0v) is 14.5. The smallest absolute Gasteiger partial charge is 0.348 e. The van der Waals surface area contributed by atoms with E-state index in [-0.39, 0.29) is 20.1 Å². The number of rotatable bonds is 7. The summed E-state index contributed by atoms with van der Waals surface area (Å²) in [6.07, 6.45) is 0.470. The summed E-state index contributed by atoms with van der Waals surface area (Å²) in [5, 5.41) is 8.83. The van der Waals surface area contributed by atoms with Crippen molar-refractivity contribution in [3.8, 4) is 0 Å². The number of nitrogens with zero attached hydrogens (tertiary/aromatic N) is 1. The van der Waals surface area contributed by atoms with E-state index in [0.29, 0.717) is 6.42 Å². The van der Waals surface area contributed by atoms with Gasteiger partial charge in [-0.1, -0.05) is 6.92 Å². The number of methoxy groups -OCH3 is 1. The molecule has 1 rings (SSSR count). The Bertz CT molecular complexity index is 639. The third-order valence-corrected chi connectivity index (χ3v) is 6.52. The number of esters is 1. The van der Waals surface area contributed by atoms with Crippen molar-refractivity contribution in [3.63, 3.8) is 0 Å². The van der Waals surface area contributed by atoms with Gasteiger partial charge in [0, 0.05) is 6.54 Å². The highest BCUT2D eigenvalue weighted by Crippen LogP contribution is 2.33. The van der Waals surface area contributed by atoms with Crippen LogP contribution in [0.15, 0.2) is 14.7 Å². The van der Waals surface area contributed by atoms with E-state index in [1.54, 1.807) is 6.92 Å². The Morgan fingerprint density at radius 2 is 2.10 bits per heavy atom. The normalized spacial score (nSPS) is 11.6. The van der Waals surface area contributed by atoms with Gasteiger partial charge in [-0.3, -0.25) is 4.79 Å². The number of hydrogen-bond acceptors (Lipinski definition) is 6. The van der Waals surface area contributed by atoms with E-state index in [9.17, 15) is 18.0 Å². The second-order valence-electron chi connectivity index (χ2n) is 3.97. The third-order valence-electron chi connectivity index (χ3n) is 2.44. The van der Waals surface area contributed by atoms with E-state index in [2.05, 4.69) is 20.7 Å². The molecule has 1 aromatic heterocycles. The lowest BCUT2D eigenvalue weighted by molar-refractivity contribution is -0.137. The average Bonchev–Trinajstić information content (AvgIpc) is 2.79. The molecule has 0 aliphatic carbocycles. The van der Waals surface area contributed by atoms with Crippen molar-refractivity contribution in [2.75, 3.05) is 20.2 Å². The lowest BCUT2D eigenvalue weighted by Gasteiger charge is -2.19. The Morgan fingerprint density at radius 1 is 1.48 bits per heavy atom. The molecule has 0 atom stereocenters. The van der Waals surface area contributed by atoms with Crippen LogP contribution >= 0.6 is 27.3 Å². The van der Waals surface area contributed by atoms with Crippen LogP contribution in [0.2, 0.25) is 0 Å². The Hall–Kier alpha value is -0.970. The van der Waals surface area contributed by atoms with E-state index in [1.807, 2.05) is 0 Å². The lowest BCUT2D eigenvalue weighted by atomic mass is 10.5. The number of hydrogen-bond donors (Lipinski definition) is 1. The minimum Gasteiger partial charge on any atom is -0.480 e. The molecular weight excluding hydrogens is 386 g/mol. The van der Waals surface area contributed by atoms with Crippen molar-refractivity contribution in [3.05, 3.63) is 14.7 Å². The standard InChI is InChI=1S/C11H14BrNO6S2/c1-3-4-13(6-9(14)15)21(17,18)8-5-7(11(16)19-2)20-10(8)12/h5H,3-4,6H2,1-2H3,(H,14,15). The molecule has 0 unspecified atom stereocenters. The molecule has 10 heteroatoms. The molecule has 0 aliphatic heterocycles. The van der Waals surface area contributed by atoms with E-state index in [1.165, 1.54) is 13.2 Å². The van der Waals surface area contributed by atoms with E-state index in [4.69, 9.17) is 5.11 Å². The van der Waals surface area contributed by atoms with Gasteiger partial charge in [0.15, 0.2) is 0 Å². The third kappa shape index (κ3) is 4.25. The largest absolute Gasteiger partial charge is 0.480 e. The molecule has 1 aromatic rings. The molecule has 118 valence electrons. The van der Waals surface area contributed by atoms with Gasteiger partial charge < -0.3 is 9.84 Å². The van der Waals surface area contributed by atoms with Crippen LogP contribution in [0.4, 0.5) is 0 Å². The summed E-state index contributed by atoms with van der Waals surface area (Å²) in [5.41, 5.74) is 0. The first-order valence-electron chi connectivity index (χ1n) is 5.83. The number of ether oxygens (including phenoxy) is 1. The molecule has 0 fully saturated rings. The number of carboxylic acid groups (broad SMARTS) is 1. The van der Waals surface area contributed by atoms with Crippen molar-refractivity contribution in [1.29, 1.82) is 0 Å². The van der Waals surface area contributed by atoms with Crippen LogP contribution < -0.4 is 0 Å². The van der Waals surface area contributed by atoms with Gasteiger partial charge >= 0.3 is 11.9 Å². The number of sulfonamides is 1. The quantitative estimate of drug-likeness (QED) is 0.701. The molecule has 0 saturated heterocycles. The number of aliphatic carboxylic acids is 1. The molecule has 0 aromatic carbocycles. The van der Waals surface area contributed by atoms with Crippen molar-refractivity contribution in [2.24, 2.45) is 0 Å². The minimum absolute atomic E-state index is 0.0739. The molecule has 1 N–H and O–H groups in total. The highest BCUT2D eigenvalue weighted by molar-refractivity contribution is 9.11. The first-order valence-corrected chi connectivity index (χ1v) is 8.88. The first kappa shape index (κ1) is 18.1. The van der Waals surface area contributed by atoms with Crippen LogP contribution in [0, 0.1) is 0 Å². The van der Waals surface area contributed by atoms with Crippen LogP contribution in [0.5, 0.6) is 0 Å². The highest BCUT2D eigenvalue weighted by Gasteiger charge is 2.30. The van der Waals surface area contributed by atoms with Crippen LogP contribution in [-0.2, 0) is 19.6 Å². The monoisotopic (exact) mass is 399 g/mol. The zero-order chi connectivity index (χ0) is 16.2. The van der Waals surface area contributed by atoms with Crippen LogP contribution in [0.25, 0.3) is 0 Å². The fourth-order valence-corrected chi connectivity index (χ4v) is 5.47. The number of carbonyl (C=O) groups excluding carboxylic acids is 1. The summed E-state index contributed by atoms with van der Waals surface area (Å²) in [5.74, 6) is -1.89. The minimum atomic E-state index is -4.00. The molecule has 0 saturated carbocycles. The van der Waals surface area contributed by atoms with Gasteiger partial charge in [-0.05, 0) is 28.4 Å². The summed E-state index contributed by atoms with van der Waals surface area (Å²) in [7, 11) is -2.81. The SMILES string of the molecule is CCCN(CC(=O)O)S(=O)(=O)c1cc(C(=O)OC)sc1Br. The molecule has 0 radical (unpaired) electrons. The van der Waals surface area contributed by atoms with E-state index < -0.39 is 28.5 Å².